The number of nitrogens with one attached hydrogen (secondary N) is 1. The molecule has 0 fully saturated rings. The van der Waals surface area contributed by atoms with Crippen LogP contribution in [0.2, 0.25) is 0 Å². The third-order valence-electron chi connectivity index (χ3n) is 1.84. The van der Waals surface area contributed by atoms with Crippen molar-refractivity contribution in [3.63, 3.8) is 0 Å². The zero-order chi connectivity index (χ0) is 13.0. The summed E-state index contributed by atoms with van der Waals surface area (Å²) in [6.45, 7) is 2.53. The molecule has 0 aromatic heterocycles. The van der Waals surface area contributed by atoms with Gasteiger partial charge >= 0.3 is 6.18 Å². The minimum atomic E-state index is -4.36. The van der Waals surface area contributed by atoms with E-state index in [-0.39, 0.29) is 5.78 Å². The lowest BCUT2D eigenvalue weighted by atomic mass is 10.3. The van der Waals surface area contributed by atoms with E-state index in [0.717, 1.165) is 0 Å². The summed E-state index contributed by atoms with van der Waals surface area (Å²) in [4.78, 5) is 10.7. The van der Waals surface area contributed by atoms with E-state index in [1.807, 2.05) is 4.72 Å². The summed E-state index contributed by atoms with van der Waals surface area (Å²) >= 11 is 0. The molecule has 0 saturated carbocycles. The first-order valence-electron chi connectivity index (χ1n) is 4.61. The van der Waals surface area contributed by atoms with E-state index in [1.165, 1.54) is 13.8 Å². The summed E-state index contributed by atoms with van der Waals surface area (Å²) in [6, 6.07) is -0.907. The molecule has 0 aromatic rings. The SMILES string of the molecule is CC(=O)C(C)NS(=O)(=O)CCCC(F)(F)F. The van der Waals surface area contributed by atoms with Gasteiger partial charge in [-0.1, -0.05) is 0 Å². The van der Waals surface area contributed by atoms with Crippen molar-refractivity contribution in [2.45, 2.75) is 38.9 Å². The van der Waals surface area contributed by atoms with Gasteiger partial charge in [-0.05, 0) is 20.3 Å². The van der Waals surface area contributed by atoms with Gasteiger partial charge in [-0.15, -0.1) is 0 Å². The third-order valence-corrected chi connectivity index (χ3v) is 3.38. The number of Topliss-reactive ketones (excluding diaryl/α,β-unsaturated/α-hetero) is 1. The van der Waals surface area contributed by atoms with Gasteiger partial charge in [-0.2, -0.15) is 13.2 Å². The maximum absolute atomic E-state index is 11.8. The van der Waals surface area contributed by atoms with Crippen molar-refractivity contribution in [1.29, 1.82) is 0 Å². The van der Waals surface area contributed by atoms with Crippen LogP contribution < -0.4 is 4.72 Å². The molecule has 0 aromatic carbocycles. The van der Waals surface area contributed by atoms with Crippen LogP contribution in [0.4, 0.5) is 13.2 Å². The Morgan fingerprint density at radius 1 is 1.38 bits per heavy atom. The summed E-state index contributed by atoms with van der Waals surface area (Å²) < 4.78 is 59.7. The van der Waals surface area contributed by atoms with Crippen LogP contribution in [-0.2, 0) is 14.8 Å². The van der Waals surface area contributed by atoms with Gasteiger partial charge in [0.05, 0.1) is 11.8 Å². The molecule has 0 aliphatic heterocycles. The van der Waals surface area contributed by atoms with E-state index in [4.69, 9.17) is 0 Å². The van der Waals surface area contributed by atoms with Crippen LogP contribution in [0.5, 0.6) is 0 Å². The second kappa shape index (κ2) is 5.62. The number of hydrogen-bond donors (Lipinski definition) is 1. The molecule has 0 heterocycles. The van der Waals surface area contributed by atoms with Crippen molar-refractivity contribution in [2.75, 3.05) is 5.75 Å². The third kappa shape index (κ3) is 7.63. The van der Waals surface area contributed by atoms with Crippen molar-refractivity contribution < 1.29 is 26.4 Å². The smallest absolute Gasteiger partial charge is 0.298 e. The number of sulfonamides is 1. The van der Waals surface area contributed by atoms with Gasteiger partial charge in [0, 0.05) is 6.42 Å². The normalized spacial score (nSPS) is 14.8. The molecule has 0 radical (unpaired) electrons. The fourth-order valence-electron chi connectivity index (χ4n) is 0.874. The number of ketones is 1. The molecule has 4 nitrogen and oxygen atoms in total. The number of halogens is 3. The lowest BCUT2D eigenvalue weighted by Crippen LogP contribution is -2.38. The van der Waals surface area contributed by atoms with E-state index in [2.05, 4.69) is 0 Å². The quantitative estimate of drug-likeness (QED) is 0.782. The number of alkyl halides is 3. The molecule has 8 heteroatoms. The Hall–Kier alpha value is -0.630. The Morgan fingerprint density at radius 2 is 1.88 bits per heavy atom. The summed E-state index contributed by atoms with van der Waals surface area (Å²) in [5.41, 5.74) is 0. The number of rotatable bonds is 6. The summed E-state index contributed by atoms with van der Waals surface area (Å²) in [5, 5.41) is 0. The predicted octanol–water partition coefficient (Wildman–Crippen LogP) is 1.23. The van der Waals surface area contributed by atoms with Crippen LogP contribution in [0.25, 0.3) is 0 Å². The Kier molecular flexibility index (Phi) is 5.40. The highest BCUT2D eigenvalue weighted by Crippen LogP contribution is 2.21. The Labute approximate surface area is 92.3 Å². The molecule has 0 saturated heterocycles. The van der Waals surface area contributed by atoms with Crippen molar-refractivity contribution in [3.05, 3.63) is 0 Å². The molecule has 1 N–H and O–H groups in total. The Balaban J connectivity index is 4.12. The van der Waals surface area contributed by atoms with Crippen molar-refractivity contribution in [2.24, 2.45) is 0 Å². The van der Waals surface area contributed by atoms with Crippen molar-refractivity contribution >= 4 is 15.8 Å². The number of carbonyl (C=O) groups is 1. The van der Waals surface area contributed by atoms with Crippen LogP contribution in [-0.4, -0.2) is 32.2 Å². The monoisotopic (exact) mass is 261 g/mol. The fraction of sp³-hybridized carbons (Fsp3) is 0.875. The van der Waals surface area contributed by atoms with Crippen LogP contribution >= 0.6 is 0 Å². The first kappa shape index (κ1) is 15.4. The second-order valence-corrected chi connectivity index (χ2v) is 5.36. The molecule has 0 rings (SSSR count). The fourth-order valence-corrected chi connectivity index (χ4v) is 2.22. The molecule has 0 spiro atoms. The summed E-state index contributed by atoms with van der Waals surface area (Å²) in [7, 11) is -3.82. The molecule has 0 amide bonds. The Morgan fingerprint density at radius 3 is 2.25 bits per heavy atom. The predicted molar refractivity (Wildman–Crippen MR) is 52.4 cm³/mol. The van der Waals surface area contributed by atoms with E-state index < -0.39 is 40.8 Å². The highest BCUT2D eigenvalue weighted by Gasteiger charge is 2.27. The van der Waals surface area contributed by atoms with Crippen LogP contribution in [0.15, 0.2) is 0 Å². The van der Waals surface area contributed by atoms with E-state index in [9.17, 15) is 26.4 Å². The zero-order valence-electron chi connectivity index (χ0n) is 8.97. The molecular formula is C8H14F3NO3S. The van der Waals surface area contributed by atoms with E-state index in [1.54, 1.807) is 0 Å². The first-order chi connectivity index (χ1) is 7.03. The molecule has 1 atom stereocenters. The average molecular weight is 261 g/mol. The lowest BCUT2D eigenvalue weighted by Gasteiger charge is -2.11. The van der Waals surface area contributed by atoms with Gasteiger partial charge in [0.2, 0.25) is 10.0 Å². The topological polar surface area (TPSA) is 63.2 Å². The first-order valence-corrected chi connectivity index (χ1v) is 6.26. The van der Waals surface area contributed by atoms with Crippen LogP contribution in [0, 0.1) is 0 Å². The number of hydrogen-bond acceptors (Lipinski definition) is 3. The maximum Gasteiger partial charge on any atom is 0.389 e. The van der Waals surface area contributed by atoms with Crippen molar-refractivity contribution in [1.82, 2.24) is 4.72 Å². The minimum absolute atomic E-state index is 0.389. The summed E-state index contributed by atoms with van der Waals surface area (Å²) in [5.74, 6) is -1.02. The second-order valence-electron chi connectivity index (χ2n) is 3.49. The number of carbonyl (C=O) groups excluding carboxylic acids is 1. The molecule has 0 aliphatic rings. The van der Waals surface area contributed by atoms with Gasteiger partial charge in [-0.3, -0.25) is 4.79 Å². The van der Waals surface area contributed by atoms with Crippen LogP contribution in [0.1, 0.15) is 26.7 Å². The van der Waals surface area contributed by atoms with Gasteiger partial charge in [-0.25, -0.2) is 13.1 Å². The van der Waals surface area contributed by atoms with Gasteiger partial charge in [0.15, 0.2) is 0 Å². The van der Waals surface area contributed by atoms with Crippen LogP contribution in [0.3, 0.4) is 0 Å². The minimum Gasteiger partial charge on any atom is -0.298 e. The van der Waals surface area contributed by atoms with Crippen molar-refractivity contribution in [3.8, 4) is 0 Å². The summed E-state index contributed by atoms with van der Waals surface area (Å²) in [6.07, 6.45) is -6.02. The van der Waals surface area contributed by atoms with Gasteiger partial charge < -0.3 is 0 Å². The molecule has 0 aliphatic carbocycles. The zero-order valence-corrected chi connectivity index (χ0v) is 9.78. The maximum atomic E-state index is 11.8. The standard InChI is InChI=1S/C8H14F3NO3S/c1-6(7(2)13)12-16(14,15)5-3-4-8(9,10)11/h6,12H,3-5H2,1-2H3. The highest BCUT2D eigenvalue weighted by atomic mass is 32.2. The highest BCUT2D eigenvalue weighted by molar-refractivity contribution is 7.89. The average Bonchev–Trinajstić information content (AvgIpc) is 1.99. The van der Waals surface area contributed by atoms with E-state index >= 15 is 0 Å². The van der Waals surface area contributed by atoms with Gasteiger partial charge in [0.1, 0.15) is 5.78 Å². The Bertz CT molecular complexity index is 337. The largest absolute Gasteiger partial charge is 0.389 e. The lowest BCUT2D eigenvalue weighted by molar-refractivity contribution is -0.134. The van der Waals surface area contributed by atoms with E-state index in [0.29, 0.717) is 0 Å². The molecule has 1 unspecified atom stereocenters. The molecular weight excluding hydrogens is 247 g/mol. The van der Waals surface area contributed by atoms with Gasteiger partial charge in [0.25, 0.3) is 0 Å². The molecule has 96 valence electrons. The molecule has 0 bridgehead atoms. The molecule has 16 heavy (non-hydrogen) atoms.